The van der Waals surface area contributed by atoms with Crippen LogP contribution < -0.4 is 0 Å². The number of amides is 1. The number of nitrogens with zero attached hydrogens (tertiary/aromatic N) is 2. The first-order valence-electron chi connectivity index (χ1n) is 7.76. The second-order valence-electron chi connectivity index (χ2n) is 5.85. The maximum Gasteiger partial charge on any atom is 0.260 e. The highest BCUT2D eigenvalue weighted by Gasteiger charge is 2.44. The summed E-state index contributed by atoms with van der Waals surface area (Å²) in [5.41, 5.74) is 1.18. The van der Waals surface area contributed by atoms with E-state index in [0.29, 0.717) is 22.7 Å². The molecule has 2 aromatic carbocycles. The lowest BCUT2D eigenvalue weighted by atomic mass is 10.1. The van der Waals surface area contributed by atoms with Crippen LogP contribution in [0.1, 0.15) is 36.2 Å². The molecule has 3 nitrogen and oxygen atoms in total. The first-order valence-corrected chi connectivity index (χ1v) is 8.17. The molecule has 1 aliphatic rings. The first-order chi connectivity index (χ1) is 11.5. The second kappa shape index (κ2) is 6.24. The Bertz CT molecular complexity index is 817. The molecule has 0 saturated carbocycles. The third-order valence-electron chi connectivity index (χ3n) is 4.25. The smallest absolute Gasteiger partial charge is 0.260 e. The zero-order valence-electron chi connectivity index (χ0n) is 13.5. The van der Waals surface area contributed by atoms with E-state index in [0.717, 1.165) is 5.56 Å². The quantitative estimate of drug-likeness (QED) is 0.784. The lowest BCUT2D eigenvalue weighted by Crippen LogP contribution is -2.47. The molecule has 1 heterocycles. The molecule has 0 bridgehead atoms. The van der Waals surface area contributed by atoms with Gasteiger partial charge in [-0.3, -0.25) is 14.7 Å². The topological polar surface area (TPSA) is 32.7 Å². The molecule has 3 rings (SSSR count). The normalized spacial score (nSPS) is 20.2. The van der Waals surface area contributed by atoms with Crippen LogP contribution in [-0.2, 0) is 0 Å². The molecule has 0 saturated heterocycles. The third kappa shape index (κ3) is 2.76. The van der Waals surface area contributed by atoms with Crippen molar-refractivity contribution in [1.29, 1.82) is 0 Å². The van der Waals surface area contributed by atoms with Gasteiger partial charge in [0, 0.05) is 11.1 Å². The van der Waals surface area contributed by atoms with Crippen molar-refractivity contribution in [3.05, 3.63) is 71.5 Å². The van der Waals surface area contributed by atoms with Gasteiger partial charge in [-0.2, -0.15) is 0 Å². The third-order valence-corrected chi connectivity index (χ3v) is 4.63. The van der Waals surface area contributed by atoms with Crippen LogP contribution in [0, 0.1) is 5.82 Å². The maximum atomic E-state index is 13.1. The highest BCUT2D eigenvalue weighted by molar-refractivity contribution is 7.82. The lowest BCUT2D eigenvalue weighted by Gasteiger charge is -2.31. The van der Waals surface area contributed by atoms with Crippen molar-refractivity contribution < 1.29 is 9.18 Å². The second-order valence-corrected chi connectivity index (χ2v) is 6.24. The summed E-state index contributed by atoms with van der Waals surface area (Å²) < 4.78 is 13.1. The summed E-state index contributed by atoms with van der Waals surface area (Å²) in [6.07, 6.45) is 0.621. The summed E-state index contributed by atoms with van der Waals surface area (Å²) in [5.74, 6) is -0.644. The number of carbonyl (C=O) groups is 1. The highest BCUT2D eigenvalue weighted by Crippen LogP contribution is 2.32. The Balaban J connectivity index is 2.01. The van der Waals surface area contributed by atoms with Crippen molar-refractivity contribution in [1.82, 2.24) is 4.90 Å². The molecule has 0 N–H and O–H groups in total. The number of hydrogen-bond donors (Lipinski definition) is 0. The molecular formula is C19H17FN2OS. The molecule has 1 aliphatic heterocycles. The van der Waals surface area contributed by atoms with Crippen LogP contribution >= 0.6 is 12.2 Å². The van der Waals surface area contributed by atoms with E-state index >= 15 is 0 Å². The average Bonchev–Trinajstić information content (AvgIpc) is 2.87. The molecule has 0 aliphatic carbocycles. The van der Waals surface area contributed by atoms with E-state index in [1.165, 1.54) is 29.2 Å². The largest absolute Gasteiger partial charge is 0.272 e. The monoisotopic (exact) mass is 340 g/mol. The van der Waals surface area contributed by atoms with Crippen molar-refractivity contribution in [3.8, 4) is 0 Å². The predicted molar refractivity (Wildman–Crippen MR) is 96.8 cm³/mol. The van der Waals surface area contributed by atoms with Gasteiger partial charge < -0.3 is 0 Å². The van der Waals surface area contributed by atoms with Crippen molar-refractivity contribution in [2.45, 2.75) is 25.9 Å². The Morgan fingerprint density at radius 3 is 2.38 bits per heavy atom. The summed E-state index contributed by atoms with van der Waals surface area (Å²) in [4.78, 5) is 19.6. The van der Waals surface area contributed by atoms with Crippen LogP contribution in [0.15, 0.2) is 59.6 Å². The zero-order chi connectivity index (χ0) is 17.3. The van der Waals surface area contributed by atoms with E-state index in [2.05, 4.69) is 0 Å². The summed E-state index contributed by atoms with van der Waals surface area (Å²) >= 11 is 5.56. The summed E-state index contributed by atoms with van der Waals surface area (Å²) in [6, 6.07) is 15.1. The fourth-order valence-corrected chi connectivity index (χ4v) is 3.16. The zero-order valence-corrected chi connectivity index (χ0v) is 14.3. The maximum absolute atomic E-state index is 13.1. The van der Waals surface area contributed by atoms with Gasteiger partial charge in [0.15, 0.2) is 0 Å². The Morgan fingerprint density at radius 2 is 1.79 bits per heavy atom. The fourth-order valence-electron chi connectivity index (χ4n) is 2.72. The minimum absolute atomic E-state index is 0.265. The van der Waals surface area contributed by atoms with Crippen molar-refractivity contribution in [3.63, 3.8) is 0 Å². The van der Waals surface area contributed by atoms with Crippen LogP contribution in [0.5, 0.6) is 0 Å². The molecule has 1 atom stereocenters. The molecule has 0 fully saturated rings. The van der Waals surface area contributed by atoms with Gasteiger partial charge >= 0.3 is 0 Å². The van der Waals surface area contributed by atoms with Gasteiger partial charge in [-0.1, -0.05) is 49.5 Å². The van der Waals surface area contributed by atoms with Crippen molar-refractivity contribution in [2.75, 3.05) is 0 Å². The van der Waals surface area contributed by atoms with Crippen LogP contribution in [0.25, 0.3) is 0 Å². The molecule has 0 radical (unpaired) electrons. The van der Waals surface area contributed by atoms with Gasteiger partial charge in [-0.05, 0) is 37.6 Å². The van der Waals surface area contributed by atoms with E-state index in [9.17, 15) is 9.18 Å². The Kier molecular flexibility index (Phi) is 4.28. The molecule has 24 heavy (non-hydrogen) atoms. The SMILES string of the molecule is CC[C@]1(C)N=C(c2ccccc2)C(=S)N1C(=O)c1ccc(F)cc1. The number of aliphatic imine (C=N–C) groups is 1. The number of thiocarbonyl (C=S) groups is 1. The lowest BCUT2D eigenvalue weighted by molar-refractivity contribution is 0.0734. The van der Waals surface area contributed by atoms with E-state index in [1.54, 1.807) is 0 Å². The number of benzene rings is 2. The van der Waals surface area contributed by atoms with Crippen LogP contribution in [0.3, 0.4) is 0 Å². The summed E-state index contributed by atoms with van der Waals surface area (Å²) in [7, 11) is 0. The van der Waals surface area contributed by atoms with E-state index in [4.69, 9.17) is 17.2 Å². The summed E-state index contributed by atoms with van der Waals surface area (Å²) in [5, 5.41) is 0. The molecular weight excluding hydrogens is 323 g/mol. The number of halogens is 1. The minimum atomic E-state index is -0.742. The molecule has 2 aromatic rings. The Hall–Kier alpha value is -2.40. The van der Waals surface area contributed by atoms with E-state index in [1.807, 2.05) is 44.2 Å². The number of hydrogen-bond acceptors (Lipinski definition) is 3. The van der Waals surface area contributed by atoms with Gasteiger partial charge in [0.25, 0.3) is 5.91 Å². The van der Waals surface area contributed by atoms with Crippen LogP contribution in [0.2, 0.25) is 0 Å². The van der Waals surface area contributed by atoms with Gasteiger partial charge in [0.2, 0.25) is 0 Å². The van der Waals surface area contributed by atoms with Crippen molar-refractivity contribution in [2.24, 2.45) is 4.99 Å². The number of carbonyl (C=O) groups excluding carboxylic acids is 1. The molecule has 0 spiro atoms. The number of rotatable bonds is 3. The fraction of sp³-hybridized carbons (Fsp3) is 0.211. The van der Waals surface area contributed by atoms with Gasteiger partial charge in [-0.25, -0.2) is 4.39 Å². The Morgan fingerprint density at radius 1 is 1.17 bits per heavy atom. The molecule has 0 aromatic heterocycles. The van der Waals surface area contributed by atoms with E-state index in [-0.39, 0.29) is 11.7 Å². The molecule has 5 heteroatoms. The molecule has 122 valence electrons. The predicted octanol–water partition coefficient (Wildman–Crippen LogP) is 4.22. The average molecular weight is 340 g/mol. The summed E-state index contributed by atoms with van der Waals surface area (Å²) in [6.45, 7) is 3.85. The Labute approximate surface area is 145 Å². The minimum Gasteiger partial charge on any atom is -0.272 e. The van der Waals surface area contributed by atoms with Gasteiger partial charge in [-0.15, -0.1) is 0 Å². The van der Waals surface area contributed by atoms with E-state index < -0.39 is 5.66 Å². The van der Waals surface area contributed by atoms with Gasteiger partial charge in [0.1, 0.15) is 22.2 Å². The van der Waals surface area contributed by atoms with Crippen LogP contribution in [0.4, 0.5) is 4.39 Å². The molecule has 0 unspecified atom stereocenters. The molecule has 1 amide bonds. The van der Waals surface area contributed by atoms with Crippen LogP contribution in [-0.4, -0.2) is 27.2 Å². The van der Waals surface area contributed by atoms with Crippen molar-refractivity contribution >= 4 is 28.8 Å². The standard InChI is InChI=1S/C19H17FN2OS/c1-3-19(2)21-16(13-7-5-4-6-8-13)18(24)22(19)17(23)14-9-11-15(20)12-10-14/h4-12H,3H2,1-2H3/t19-/m1/s1. The highest BCUT2D eigenvalue weighted by atomic mass is 32.1. The first kappa shape index (κ1) is 16.5. The van der Waals surface area contributed by atoms with Gasteiger partial charge in [0.05, 0.1) is 0 Å².